The average Bonchev–Trinajstić information content (AvgIpc) is 1.29. The lowest BCUT2D eigenvalue weighted by Gasteiger charge is -2.21. The highest BCUT2D eigenvalue weighted by Crippen LogP contribution is 2.37. The van der Waals surface area contributed by atoms with Crippen molar-refractivity contribution in [3.05, 3.63) is 228 Å². The molecule has 0 amide bonds. The maximum atomic E-state index is 12.8. The van der Waals surface area contributed by atoms with Crippen LogP contribution in [-0.2, 0) is 110 Å². The lowest BCUT2D eigenvalue weighted by Crippen LogP contribution is -2.40. The summed E-state index contributed by atoms with van der Waals surface area (Å²) in [6, 6.07) is 36.4. The van der Waals surface area contributed by atoms with Crippen molar-refractivity contribution in [2.45, 2.75) is 248 Å². The molecule has 1 saturated heterocycles. The van der Waals surface area contributed by atoms with E-state index in [4.69, 9.17) is 34.4 Å². The van der Waals surface area contributed by atoms with Crippen LogP contribution >= 0.6 is 0 Å². The van der Waals surface area contributed by atoms with Crippen molar-refractivity contribution in [3.8, 4) is 67.5 Å². The molecule has 0 radical (unpaired) electrons. The van der Waals surface area contributed by atoms with Gasteiger partial charge in [0.05, 0.1) is 137 Å². The van der Waals surface area contributed by atoms with Gasteiger partial charge in [0, 0.05) is 130 Å². The van der Waals surface area contributed by atoms with Crippen LogP contribution < -0.4 is 43.8 Å². The highest BCUT2D eigenvalue weighted by molar-refractivity contribution is 7.90. The molecule has 0 unspecified atom stereocenters. The molecule has 766 valence electrons. The second kappa shape index (κ2) is 45.3. The molecule has 1 aliphatic rings. The van der Waals surface area contributed by atoms with Gasteiger partial charge in [0.2, 0.25) is 40.1 Å². The van der Waals surface area contributed by atoms with Gasteiger partial charge in [0.15, 0.2) is 19.7 Å². The van der Waals surface area contributed by atoms with E-state index >= 15 is 0 Å². The molecule has 7 aromatic heterocycles. The number of nitrogens with one attached hydrogen (secondary N) is 2. The van der Waals surface area contributed by atoms with Crippen molar-refractivity contribution in [2.24, 2.45) is 0 Å². The molecule has 13 rings (SSSR count). The van der Waals surface area contributed by atoms with Crippen LogP contribution in [0.3, 0.4) is 0 Å². The summed E-state index contributed by atoms with van der Waals surface area (Å²) in [6.07, 6.45) is 16.9. The number of nitrogen functional groups attached to an aromatic ring is 6. The number of benzene rings is 5. The fraction of sp³-hybridized carbons (Fsp3) is 0.416. The summed E-state index contributed by atoms with van der Waals surface area (Å²) in [4.78, 5) is 57.8. The van der Waals surface area contributed by atoms with Crippen LogP contribution in [0.15, 0.2) is 192 Å². The molecule has 12 aromatic rings. The standard InChI is InChI=1S/C18H24N4O2S.C18H26N4O2S.2C17H24N4O2S.C16H21N3O2S.C15H20N4O2S/c1-18(2,3)16-17(19)20-12-15(21-16)13-7-6-8-14(11-13)25(23,24)22-9-4-5-10-22;1-17(2,3)15-16(19)20-11-14(21-15)12-8-7-9-13(10-12)25(23,24)22-18(4,5)6;1-17(2,3)15-16(18)19-10-14(20-15)13-8-6-7-12(9-13)11-24(22,23)21(4)5;1-11(2)21-24(22,23)13-8-6-7-12(9-13)14-10-19-16(18)15(20-14)17(3,4)5;1-16(2,3)14-15(17)18-9-13(19-14)12-7-5-6-11(8-12)10-22(4,20)21;1-15(2,3)13-14(16)18-8-12(19-13)11-5-10(6-17-7-11)9-22(4,20)21/h6-8,11-12H,4-5,9-10H2,1-3H3,(H2,19,20);7-11,22H,1-6H3,(H2,19,20);6-10H,11H2,1-5H3,(H2,18,19);6-11,21H,1-5H3,(H2,18,19);5-9H,10H2,1-4H3,(H2,17,18);5-8H,9H2,1-4H3,(H2,16,18). The van der Waals surface area contributed by atoms with Crippen molar-refractivity contribution < 1.29 is 50.5 Å². The molecule has 0 bridgehead atoms. The number of nitrogens with two attached hydrogens (primary N) is 6. The van der Waals surface area contributed by atoms with Gasteiger partial charge in [-0.1, -0.05) is 197 Å². The van der Waals surface area contributed by atoms with E-state index in [0.717, 1.165) is 52.0 Å². The zero-order valence-corrected chi connectivity index (χ0v) is 91.2. The predicted octanol–water partition coefficient (Wildman–Crippen LogP) is 15.6. The van der Waals surface area contributed by atoms with E-state index < -0.39 is 65.3 Å². The molecule has 0 aliphatic carbocycles. The number of aromatic nitrogens is 13. The number of sulfonamides is 4. The molecule has 8 heterocycles. The largest absolute Gasteiger partial charge is 0.382 e. The van der Waals surface area contributed by atoms with E-state index in [0.29, 0.717) is 132 Å². The normalized spacial score (nSPS) is 13.2. The number of pyridine rings is 1. The van der Waals surface area contributed by atoms with Gasteiger partial charge in [-0.3, -0.25) is 4.98 Å². The first-order valence-electron chi connectivity index (χ1n) is 45.7. The second-order valence-electron chi connectivity index (χ2n) is 42.4. The van der Waals surface area contributed by atoms with E-state index in [9.17, 15) is 50.5 Å². The SMILES string of the molecule is CC(C)(C)NS(=O)(=O)c1cccc(-c2cnc(N)c(C(C)(C)C)n2)c1.CC(C)(C)c1nc(-c2cccc(CS(C)(=O)=O)c2)cnc1N.CC(C)(C)c1nc(-c2cccc(S(=O)(=O)N3CCCC3)c2)cnc1N.CC(C)(C)c1nc(-c2cncc(CS(C)(=O)=O)c2)cnc1N.CC(C)NS(=O)(=O)c1cccc(-c2cnc(N)c(C(C)(C)C)n2)c1.CN(C)S(=O)(=O)Cc1cccc(-c2cnc(N)c(C(C)(C)C)n2)c1. The Kier molecular flexibility index (Phi) is 36.8. The molecule has 142 heavy (non-hydrogen) atoms. The van der Waals surface area contributed by atoms with Crippen LogP contribution in [0.25, 0.3) is 67.5 Å². The van der Waals surface area contributed by atoms with Crippen LogP contribution in [0.5, 0.6) is 0 Å². The van der Waals surface area contributed by atoms with Gasteiger partial charge in [0.25, 0.3) is 0 Å². The van der Waals surface area contributed by atoms with Gasteiger partial charge < -0.3 is 34.4 Å². The van der Waals surface area contributed by atoms with Crippen LogP contribution in [0.4, 0.5) is 34.9 Å². The van der Waals surface area contributed by atoms with Gasteiger partial charge >= 0.3 is 0 Å². The molecular formula is C101H139N23O12S6. The third-order valence-corrected chi connectivity index (χ3v) is 29.7. The van der Waals surface area contributed by atoms with Gasteiger partial charge in [-0.25, -0.2) is 124 Å². The highest BCUT2D eigenvalue weighted by Gasteiger charge is 2.32. The summed E-state index contributed by atoms with van der Waals surface area (Å²) in [5.41, 5.74) is 48.2. The Bertz CT molecular complexity index is 7110. The molecule has 0 atom stereocenters. The number of hydrogen-bond donors (Lipinski definition) is 8. The Morgan fingerprint density at radius 3 is 0.880 bits per heavy atom. The third-order valence-electron chi connectivity index (χ3n) is 20.9. The number of sulfone groups is 2. The first kappa shape index (κ1) is 115. The van der Waals surface area contributed by atoms with Crippen LogP contribution in [-0.4, -0.2) is 175 Å². The number of hydrogen-bond acceptors (Lipinski definition) is 31. The molecule has 0 saturated carbocycles. The van der Waals surface area contributed by atoms with Crippen molar-refractivity contribution >= 4 is 94.7 Å². The Labute approximate surface area is 839 Å². The molecule has 1 aliphatic heterocycles. The molecule has 1 fully saturated rings. The van der Waals surface area contributed by atoms with Crippen molar-refractivity contribution in [2.75, 3.05) is 74.1 Å². The topological polar surface area (TPSA) is 559 Å². The Balaban J connectivity index is 0.000000209. The van der Waals surface area contributed by atoms with Crippen molar-refractivity contribution in [3.63, 3.8) is 0 Å². The van der Waals surface area contributed by atoms with E-state index in [1.54, 1.807) is 167 Å². The van der Waals surface area contributed by atoms with Gasteiger partial charge in [0.1, 0.15) is 34.9 Å². The zero-order chi connectivity index (χ0) is 107. The number of rotatable bonds is 20. The quantitative estimate of drug-likeness (QED) is 0.0351. The fourth-order valence-corrected chi connectivity index (χ4v) is 20.9. The maximum absolute atomic E-state index is 12.8. The highest BCUT2D eigenvalue weighted by atomic mass is 32.2. The van der Waals surface area contributed by atoms with Crippen LogP contribution in [0, 0.1) is 0 Å². The van der Waals surface area contributed by atoms with Crippen molar-refractivity contribution in [1.29, 1.82) is 0 Å². The van der Waals surface area contributed by atoms with E-state index in [2.05, 4.69) is 74.2 Å². The molecule has 35 nitrogen and oxygen atoms in total. The van der Waals surface area contributed by atoms with Crippen LogP contribution in [0.2, 0.25) is 0 Å². The predicted molar refractivity (Wildman–Crippen MR) is 568 cm³/mol. The van der Waals surface area contributed by atoms with E-state index in [-0.39, 0.29) is 65.6 Å². The summed E-state index contributed by atoms with van der Waals surface area (Å²) >= 11 is 0. The molecule has 0 spiro atoms. The lowest BCUT2D eigenvalue weighted by molar-refractivity contribution is 0.477. The smallest absolute Gasteiger partial charge is 0.243 e. The van der Waals surface area contributed by atoms with Gasteiger partial charge in [-0.2, -0.15) is 4.31 Å². The van der Waals surface area contributed by atoms with Crippen LogP contribution in [0.1, 0.15) is 223 Å². The van der Waals surface area contributed by atoms with Gasteiger partial charge in [-0.15, -0.1) is 0 Å². The molecule has 14 N–H and O–H groups in total. The molecule has 41 heteroatoms. The van der Waals surface area contributed by atoms with E-state index in [1.165, 1.54) is 30.9 Å². The van der Waals surface area contributed by atoms with E-state index in [1.807, 2.05) is 173 Å². The summed E-state index contributed by atoms with van der Waals surface area (Å²) < 4.78 is 153. The summed E-state index contributed by atoms with van der Waals surface area (Å²) in [5.74, 6) is 2.31. The van der Waals surface area contributed by atoms with Gasteiger partial charge in [-0.05, 0) is 119 Å². The monoisotopic (exact) mass is 2060 g/mol. The summed E-state index contributed by atoms with van der Waals surface area (Å²) in [5, 5.41) is 0. The molecule has 5 aromatic carbocycles. The first-order valence-corrected chi connectivity index (χ1v) is 55.8. The van der Waals surface area contributed by atoms with Crippen molar-refractivity contribution in [1.82, 2.24) is 82.8 Å². The Morgan fingerprint density at radius 1 is 0.331 bits per heavy atom. The minimum Gasteiger partial charge on any atom is -0.382 e. The average molecular weight is 2060 g/mol. The first-order chi connectivity index (χ1) is 65.1. The minimum absolute atomic E-state index is 0.00929. The Hall–Kier alpha value is -11.9. The summed E-state index contributed by atoms with van der Waals surface area (Å²) in [6.45, 7) is 46.4. The minimum atomic E-state index is -3.62. The zero-order valence-electron chi connectivity index (χ0n) is 86.3. The fourth-order valence-electron chi connectivity index (χ4n) is 14.2. The number of nitrogens with zero attached hydrogens (tertiary/aromatic N) is 15. The second-order valence-corrected chi connectivity index (χ2v) is 54.2. The molecular weight excluding hydrogens is 1920 g/mol. The maximum Gasteiger partial charge on any atom is 0.243 e. The third kappa shape index (κ3) is 33.3. The summed E-state index contributed by atoms with van der Waals surface area (Å²) in [7, 11) is -17.1. The lowest BCUT2D eigenvalue weighted by atomic mass is 9.91. The Morgan fingerprint density at radius 2 is 0.592 bits per heavy atom. The number of anilines is 6.